The third kappa shape index (κ3) is 2.31. The molecule has 0 radical (unpaired) electrons. The number of rotatable bonds is 3. The zero-order valence-electron chi connectivity index (χ0n) is 9.08. The van der Waals surface area contributed by atoms with E-state index < -0.39 is 10.7 Å². The van der Waals surface area contributed by atoms with Crippen molar-refractivity contribution in [3.8, 4) is 6.07 Å². The number of hydrogen-bond donors (Lipinski definition) is 0. The summed E-state index contributed by atoms with van der Waals surface area (Å²) in [5.74, 6) is -0.440. The molecule has 0 aliphatic rings. The zero-order valence-corrected chi connectivity index (χ0v) is 9.83. The van der Waals surface area contributed by atoms with E-state index in [9.17, 15) is 10.1 Å². The Hall–Kier alpha value is -2.39. The van der Waals surface area contributed by atoms with Crippen LogP contribution in [0, 0.1) is 21.4 Å². The molecule has 0 atom stereocenters. The Kier molecular flexibility index (Phi) is 3.26. The minimum Gasteiger partial charge on any atom is -0.358 e. The Morgan fingerprint density at radius 2 is 2.22 bits per heavy atom. The van der Waals surface area contributed by atoms with E-state index in [4.69, 9.17) is 16.9 Å². The van der Waals surface area contributed by atoms with Crippen molar-refractivity contribution in [2.75, 3.05) is 0 Å². The first-order valence-electron chi connectivity index (χ1n) is 4.97. The van der Waals surface area contributed by atoms with Crippen LogP contribution in [0.25, 0.3) is 0 Å². The van der Waals surface area contributed by atoms with E-state index in [0.717, 1.165) is 5.56 Å². The van der Waals surface area contributed by atoms with Crippen molar-refractivity contribution in [3.05, 3.63) is 56.7 Å². The lowest BCUT2D eigenvalue weighted by atomic mass is 10.2. The van der Waals surface area contributed by atoms with E-state index in [0.29, 0.717) is 5.02 Å². The summed E-state index contributed by atoms with van der Waals surface area (Å²) in [4.78, 5) is 9.99. The molecule has 1 aromatic carbocycles. The summed E-state index contributed by atoms with van der Waals surface area (Å²) in [6, 6.07) is 8.86. The van der Waals surface area contributed by atoms with Gasteiger partial charge in [0, 0.05) is 5.02 Å². The van der Waals surface area contributed by atoms with Crippen molar-refractivity contribution < 1.29 is 4.92 Å². The Morgan fingerprint density at radius 1 is 1.50 bits per heavy atom. The predicted octanol–water partition coefficient (Wildman–Crippen LogP) is 2.36. The number of aromatic nitrogens is 2. The molecule has 0 aliphatic heterocycles. The first kappa shape index (κ1) is 12.1. The Balaban J connectivity index is 2.34. The topological polar surface area (TPSA) is 84.8 Å². The molecule has 1 aromatic heterocycles. The van der Waals surface area contributed by atoms with Crippen LogP contribution in [-0.2, 0) is 6.54 Å². The summed E-state index contributed by atoms with van der Waals surface area (Å²) in [6.45, 7) is 0.280. The van der Waals surface area contributed by atoms with Gasteiger partial charge in [0.05, 0.1) is 17.8 Å². The molecular formula is C11H7ClN4O2. The summed E-state index contributed by atoms with van der Waals surface area (Å²) in [5.41, 5.74) is 0.716. The molecule has 2 rings (SSSR count). The smallest absolute Gasteiger partial charge is 0.358 e. The SMILES string of the molecule is N#Cc1cn(Cc2ccccc2Cl)nc1[N+](=O)[O-]. The molecule has 1 heterocycles. The standard InChI is InChI=1S/C11H7ClN4O2/c12-10-4-2-1-3-8(10)6-15-7-9(5-13)11(14-15)16(17)18/h1-4,7H,6H2. The molecule has 0 N–H and O–H groups in total. The molecule has 6 nitrogen and oxygen atoms in total. The van der Waals surface area contributed by atoms with Gasteiger partial charge in [-0.25, -0.2) is 0 Å². The highest BCUT2D eigenvalue weighted by atomic mass is 35.5. The quantitative estimate of drug-likeness (QED) is 0.628. The third-order valence-corrected chi connectivity index (χ3v) is 2.69. The van der Waals surface area contributed by atoms with Gasteiger partial charge in [0.25, 0.3) is 0 Å². The lowest BCUT2D eigenvalue weighted by Crippen LogP contribution is -2.01. The fourth-order valence-electron chi connectivity index (χ4n) is 1.51. The highest BCUT2D eigenvalue weighted by Crippen LogP contribution is 2.19. The fourth-order valence-corrected chi connectivity index (χ4v) is 1.70. The van der Waals surface area contributed by atoms with Gasteiger partial charge >= 0.3 is 5.82 Å². The van der Waals surface area contributed by atoms with Crippen molar-refractivity contribution in [1.29, 1.82) is 5.26 Å². The van der Waals surface area contributed by atoms with Gasteiger partial charge in [0.2, 0.25) is 0 Å². The van der Waals surface area contributed by atoms with E-state index in [2.05, 4.69) is 5.10 Å². The minimum atomic E-state index is -0.679. The van der Waals surface area contributed by atoms with Crippen LogP contribution in [0.5, 0.6) is 0 Å². The first-order valence-corrected chi connectivity index (χ1v) is 5.35. The second kappa shape index (κ2) is 4.85. The number of halogens is 1. The maximum Gasteiger partial charge on any atom is 0.407 e. The average Bonchev–Trinajstić information content (AvgIpc) is 2.75. The molecule has 0 aliphatic carbocycles. The Bertz CT molecular complexity index is 645. The van der Waals surface area contributed by atoms with Gasteiger partial charge in [0.1, 0.15) is 6.07 Å². The molecule has 0 saturated carbocycles. The van der Waals surface area contributed by atoms with Gasteiger partial charge in [-0.05, 0) is 16.6 Å². The van der Waals surface area contributed by atoms with Crippen LogP contribution in [0.1, 0.15) is 11.1 Å². The zero-order chi connectivity index (χ0) is 13.1. The fraction of sp³-hybridized carbons (Fsp3) is 0.0909. The molecule has 0 amide bonds. The second-order valence-electron chi connectivity index (χ2n) is 3.52. The van der Waals surface area contributed by atoms with E-state index in [1.807, 2.05) is 6.07 Å². The van der Waals surface area contributed by atoms with E-state index in [1.165, 1.54) is 10.9 Å². The summed E-state index contributed by atoms with van der Waals surface area (Å²) in [7, 11) is 0. The van der Waals surface area contributed by atoms with Crippen LogP contribution < -0.4 is 0 Å². The van der Waals surface area contributed by atoms with Crippen LogP contribution in [-0.4, -0.2) is 14.7 Å². The summed E-state index contributed by atoms with van der Waals surface area (Å²) < 4.78 is 1.33. The summed E-state index contributed by atoms with van der Waals surface area (Å²) in [6.07, 6.45) is 1.33. The van der Waals surface area contributed by atoms with Gasteiger partial charge in [-0.1, -0.05) is 29.8 Å². The molecule has 0 saturated heterocycles. The van der Waals surface area contributed by atoms with Gasteiger partial charge in [-0.15, -0.1) is 0 Å². The van der Waals surface area contributed by atoms with E-state index in [1.54, 1.807) is 24.3 Å². The predicted molar refractivity (Wildman–Crippen MR) is 64.2 cm³/mol. The first-order chi connectivity index (χ1) is 8.61. The van der Waals surface area contributed by atoms with Gasteiger partial charge < -0.3 is 10.1 Å². The average molecular weight is 263 g/mol. The number of benzene rings is 1. The largest absolute Gasteiger partial charge is 0.407 e. The number of nitro groups is 1. The van der Waals surface area contributed by atoms with Gasteiger partial charge in [-0.2, -0.15) is 9.94 Å². The van der Waals surface area contributed by atoms with Crippen molar-refractivity contribution in [3.63, 3.8) is 0 Å². The normalized spacial score (nSPS) is 10.0. The van der Waals surface area contributed by atoms with Gasteiger partial charge in [-0.3, -0.25) is 0 Å². The molecule has 0 unspecified atom stereocenters. The molecule has 7 heteroatoms. The van der Waals surface area contributed by atoms with E-state index in [-0.39, 0.29) is 12.1 Å². The maximum atomic E-state index is 10.7. The second-order valence-corrected chi connectivity index (χ2v) is 3.93. The molecular weight excluding hydrogens is 256 g/mol. The molecule has 0 fully saturated rings. The van der Waals surface area contributed by atoms with Crippen molar-refractivity contribution in [1.82, 2.24) is 9.78 Å². The van der Waals surface area contributed by atoms with Crippen LogP contribution in [0.15, 0.2) is 30.5 Å². The van der Waals surface area contributed by atoms with Crippen LogP contribution in [0.4, 0.5) is 5.82 Å². The van der Waals surface area contributed by atoms with Gasteiger partial charge in [0.15, 0.2) is 5.56 Å². The number of nitrogens with zero attached hydrogens (tertiary/aromatic N) is 4. The monoisotopic (exact) mass is 262 g/mol. The maximum absolute atomic E-state index is 10.7. The molecule has 0 bridgehead atoms. The van der Waals surface area contributed by atoms with Crippen LogP contribution in [0.2, 0.25) is 5.02 Å². The third-order valence-electron chi connectivity index (χ3n) is 2.33. The Labute approximate surface area is 107 Å². The highest BCUT2D eigenvalue weighted by Gasteiger charge is 2.20. The minimum absolute atomic E-state index is 0.0629. The summed E-state index contributed by atoms with van der Waals surface area (Å²) >= 11 is 5.98. The lowest BCUT2D eigenvalue weighted by Gasteiger charge is -2.00. The number of nitriles is 1. The number of hydrogen-bond acceptors (Lipinski definition) is 4. The van der Waals surface area contributed by atoms with Crippen LogP contribution in [0.3, 0.4) is 0 Å². The molecule has 2 aromatic rings. The van der Waals surface area contributed by atoms with E-state index >= 15 is 0 Å². The van der Waals surface area contributed by atoms with Crippen molar-refractivity contribution >= 4 is 17.4 Å². The Morgan fingerprint density at radius 3 is 2.78 bits per heavy atom. The molecule has 0 spiro atoms. The lowest BCUT2D eigenvalue weighted by molar-refractivity contribution is -0.390. The van der Waals surface area contributed by atoms with Crippen LogP contribution >= 0.6 is 11.6 Å². The summed E-state index contributed by atoms with van der Waals surface area (Å²) in [5, 5.41) is 23.7. The molecule has 90 valence electrons. The highest BCUT2D eigenvalue weighted by molar-refractivity contribution is 6.31. The van der Waals surface area contributed by atoms with Crippen molar-refractivity contribution in [2.45, 2.75) is 6.54 Å². The van der Waals surface area contributed by atoms with Crippen molar-refractivity contribution in [2.24, 2.45) is 0 Å². The molecule has 18 heavy (non-hydrogen) atoms.